The molecule has 0 saturated carbocycles. The Morgan fingerprint density at radius 1 is 1.10 bits per heavy atom. The summed E-state index contributed by atoms with van der Waals surface area (Å²) >= 11 is 0. The number of imidazole rings is 1. The number of aromatic carboxylic acids is 1. The van der Waals surface area contributed by atoms with Gasteiger partial charge in [0.05, 0.1) is 16.6 Å². The number of hydrogen-bond acceptors (Lipinski definition) is 2. The second-order valence-electron chi connectivity index (χ2n) is 5.43. The third kappa shape index (κ3) is 1.91. The summed E-state index contributed by atoms with van der Waals surface area (Å²) in [5.41, 5.74) is 5.78. The summed E-state index contributed by atoms with van der Waals surface area (Å²) in [5.74, 6) is -0.918. The summed E-state index contributed by atoms with van der Waals surface area (Å²) in [5, 5.41) is 9.14. The van der Waals surface area contributed by atoms with Crippen molar-refractivity contribution < 1.29 is 9.90 Å². The molecule has 0 unspecified atom stereocenters. The highest BCUT2D eigenvalue weighted by atomic mass is 16.4. The van der Waals surface area contributed by atoms with E-state index in [2.05, 4.69) is 23.2 Å². The van der Waals surface area contributed by atoms with E-state index in [1.54, 1.807) is 24.5 Å². The number of aromatic nitrogens is 2. The number of rotatable bonds is 2. The first kappa shape index (κ1) is 12.1. The fourth-order valence-electron chi connectivity index (χ4n) is 3.05. The largest absolute Gasteiger partial charge is 0.478 e. The van der Waals surface area contributed by atoms with Gasteiger partial charge in [-0.3, -0.25) is 4.57 Å². The summed E-state index contributed by atoms with van der Waals surface area (Å²) in [6.07, 6.45) is 5.25. The van der Waals surface area contributed by atoms with Crippen molar-refractivity contribution in [2.45, 2.75) is 19.3 Å². The molecule has 1 aliphatic rings. The van der Waals surface area contributed by atoms with Crippen molar-refractivity contribution in [3.8, 4) is 5.69 Å². The molecular formula is C17H14N2O2. The second-order valence-corrected chi connectivity index (χ2v) is 5.43. The molecule has 0 radical (unpaired) electrons. The van der Waals surface area contributed by atoms with Gasteiger partial charge in [-0.1, -0.05) is 6.07 Å². The van der Waals surface area contributed by atoms with E-state index in [1.807, 2.05) is 4.57 Å². The Kier molecular flexibility index (Phi) is 2.57. The van der Waals surface area contributed by atoms with Gasteiger partial charge >= 0.3 is 5.97 Å². The van der Waals surface area contributed by atoms with Crippen molar-refractivity contribution in [2.24, 2.45) is 0 Å². The van der Waals surface area contributed by atoms with Crippen LogP contribution in [0.25, 0.3) is 16.7 Å². The number of nitrogens with zero attached hydrogens (tertiary/aromatic N) is 2. The molecule has 2 aromatic carbocycles. The zero-order valence-corrected chi connectivity index (χ0v) is 11.4. The standard InChI is InChI=1S/C17H14N2O2/c20-17(21)13-5-7-15-16(9-13)19(10-18-15)14-6-4-11-2-1-3-12(11)8-14/h4-10H,1-3H2,(H,20,21). The normalized spacial score (nSPS) is 13.5. The van der Waals surface area contributed by atoms with Gasteiger partial charge in [0.25, 0.3) is 0 Å². The monoisotopic (exact) mass is 278 g/mol. The number of benzene rings is 2. The van der Waals surface area contributed by atoms with Crippen LogP contribution in [-0.2, 0) is 12.8 Å². The van der Waals surface area contributed by atoms with E-state index in [0.29, 0.717) is 0 Å². The smallest absolute Gasteiger partial charge is 0.335 e. The first-order valence-corrected chi connectivity index (χ1v) is 7.05. The predicted molar refractivity (Wildman–Crippen MR) is 80.1 cm³/mol. The molecule has 0 spiro atoms. The van der Waals surface area contributed by atoms with Crippen molar-refractivity contribution >= 4 is 17.0 Å². The third-order valence-corrected chi connectivity index (χ3v) is 4.15. The molecule has 21 heavy (non-hydrogen) atoms. The molecular weight excluding hydrogens is 264 g/mol. The molecule has 1 heterocycles. The van der Waals surface area contributed by atoms with Gasteiger partial charge in [0.2, 0.25) is 0 Å². The summed E-state index contributed by atoms with van der Waals surface area (Å²) in [6.45, 7) is 0. The van der Waals surface area contributed by atoms with Crippen LogP contribution in [0.5, 0.6) is 0 Å². The SMILES string of the molecule is O=C(O)c1ccc2ncn(-c3ccc4c(c3)CCC4)c2c1. The van der Waals surface area contributed by atoms with E-state index in [0.717, 1.165) is 29.6 Å². The van der Waals surface area contributed by atoms with Gasteiger partial charge in [0.15, 0.2) is 0 Å². The van der Waals surface area contributed by atoms with Crippen molar-refractivity contribution in [1.82, 2.24) is 9.55 Å². The molecule has 4 heteroatoms. The summed E-state index contributed by atoms with van der Waals surface area (Å²) in [6, 6.07) is 11.5. The highest BCUT2D eigenvalue weighted by Crippen LogP contribution is 2.26. The maximum absolute atomic E-state index is 11.1. The lowest BCUT2D eigenvalue weighted by molar-refractivity contribution is 0.0697. The van der Waals surface area contributed by atoms with Gasteiger partial charge in [-0.2, -0.15) is 0 Å². The molecule has 0 aliphatic heterocycles. The maximum Gasteiger partial charge on any atom is 0.335 e. The minimum absolute atomic E-state index is 0.283. The van der Waals surface area contributed by atoms with Gasteiger partial charge in [-0.25, -0.2) is 9.78 Å². The van der Waals surface area contributed by atoms with Crippen molar-refractivity contribution in [2.75, 3.05) is 0 Å². The second kappa shape index (κ2) is 4.45. The zero-order chi connectivity index (χ0) is 14.4. The molecule has 3 aromatic rings. The molecule has 0 bridgehead atoms. The number of carboxylic acids is 1. The van der Waals surface area contributed by atoms with Gasteiger partial charge in [0, 0.05) is 5.69 Å². The average molecular weight is 278 g/mol. The molecule has 0 atom stereocenters. The van der Waals surface area contributed by atoms with Crippen LogP contribution in [0.4, 0.5) is 0 Å². The molecule has 4 nitrogen and oxygen atoms in total. The number of aryl methyl sites for hydroxylation is 2. The molecule has 1 aliphatic carbocycles. The van der Waals surface area contributed by atoms with Crippen LogP contribution in [0, 0.1) is 0 Å². The maximum atomic E-state index is 11.1. The Hall–Kier alpha value is -2.62. The molecule has 0 fully saturated rings. The van der Waals surface area contributed by atoms with Crippen LogP contribution < -0.4 is 0 Å². The third-order valence-electron chi connectivity index (χ3n) is 4.15. The molecule has 104 valence electrons. The van der Waals surface area contributed by atoms with Crippen LogP contribution in [-0.4, -0.2) is 20.6 Å². The van der Waals surface area contributed by atoms with E-state index in [9.17, 15) is 4.79 Å². The van der Waals surface area contributed by atoms with E-state index in [4.69, 9.17) is 5.11 Å². The van der Waals surface area contributed by atoms with Gasteiger partial charge in [-0.15, -0.1) is 0 Å². The average Bonchev–Trinajstić information content (AvgIpc) is 3.12. The van der Waals surface area contributed by atoms with Crippen LogP contribution in [0.1, 0.15) is 27.9 Å². The number of carbonyl (C=O) groups is 1. The Morgan fingerprint density at radius 2 is 1.95 bits per heavy atom. The Labute approximate surface area is 121 Å². The quantitative estimate of drug-likeness (QED) is 0.783. The van der Waals surface area contributed by atoms with E-state index >= 15 is 0 Å². The number of hydrogen-bond donors (Lipinski definition) is 1. The first-order valence-electron chi connectivity index (χ1n) is 7.05. The zero-order valence-electron chi connectivity index (χ0n) is 11.4. The fourth-order valence-corrected chi connectivity index (χ4v) is 3.05. The van der Waals surface area contributed by atoms with Crippen molar-refractivity contribution in [3.05, 3.63) is 59.4 Å². The predicted octanol–water partition coefficient (Wildman–Crippen LogP) is 3.21. The molecule has 0 saturated heterocycles. The highest BCUT2D eigenvalue weighted by molar-refractivity contribution is 5.92. The fraction of sp³-hybridized carbons (Fsp3) is 0.176. The minimum atomic E-state index is -0.918. The first-order chi connectivity index (χ1) is 10.2. The topological polar surface area (TPSA) is 55.1 Å². The molecule has 1 N–H and O–H groups in total. The molecule has 1 aromatic heterocycles. The molecule has 0 amide bonds. The lowest BCUT2D eigenvalue weighted by atomic mass is 10.1. The van der Waals surface area contributed by atoms with Gasteiger partial charge in [-0.05, 0) is 60.7 Å². The van der Waals surface area contributed by atoms with E-state index in [-0.39, 0.29) is 5.56 Å². The van der Waals surface area contributed by atoms with Crippen LogP contribution in [0.2, 0.25) is 0 Å². The van der Waals surface area contributed by atoms with E-state index < -0.39 is 5.97 Å². The number of fused-ring (bicyclic) bond motifs is 2. The highest BCUT2D eigenvalue weighted by Gasteiger charge is 2.13. The van der Waals surface area contributed by atoms with Crippen LogP contribution >= 0.6 is 0 Å². The van der Waals surface area contributed by atoms with Crippen LogP contribution in [0.3, 0.4) is 0 Å². The van der Waals surface area contributed by atoms with Gasteiger partial charge < -0.3 is 5.11 Å². The van der Waals surface area contributed by atoms with Crippen LogP contribution in [0.15, 0.2) is 42.7 Å². The lowest BCUT2D eigenvalue weighted by Crippen LogP contribution is -1.98. The lowest BCUT2D eigenvalue weighted by Gasteiger charge is -2.07. The molecule has 4 rings (SSSR count). The summed E-state index contributed by atoms with van der Waals surface area (Å²) < 4.78 is 1.96. The minimum Gasteiger partial charge on any atom is -0.478 e. The Balaban J connectivity index is 1.90. The Bertz CT molecular complexity index is 864. The summed E-state index contributed by atoms with van der Waals surface area (Å²) in [7, 11) is 0. The number of carboxylic acid groups (broad SMARTS) is 1. The van der Waals surface area contributed by atoms with Crippen molar-refractivity contribution in [1.29, 1.82) is 0 Å². The Morgan fingerprint density at radius 3 is 2.81 bits per heavy atom. The van der Waals surface area contributed by atoms with Gasteiger partial charge in [0.1, 0.15) is 6.33 Å². The van der Waals surface area contributed by atoms with Crippen molar-refractivity contribution in [3.63, 3.8) is 0 Å². The van der Waals surface area contributed by atoms with E-state index in [1.165, 1.54) is 17.5 Å². The summed E-state index contributed by atoms with van der Waals surface area (Å²) in [4.78, 5) is 15.5.